The predicted molar refractivity (Wildman–Crippen MR) is 66.8 cm³/mol. The third-order valence-electron chi connectivity index (χ3n) is 2.22. The summed E-state index contributed by atoms with van der Waals surface area (Å²) in [7, 11) is 0. The molecule has 2 nitrogen and oxygen atoms in total. The molecule has 0 radical (unpaired) electrons. The third-order valence-corrected chi connectivity index (χ3v) is 3.48. The summed E-state index contributed by atoms with van der Waals surface area (Å²) in [6.45, 7) is 0. The molecule has 0 spiro atoms. The van der Waals surface area contributed by atoms with Crippen LogP contribution >= 0.6 is 27.3 Å². The molecule has 1 heterocycles. The molecule has 0 fully saturated rings. The van der Waals surface area contributed by atoms with E-state index in [1.807, 2.05) is 6.07 Å². The van der Waals surface area contributed by atoms with Crippen LogP contribution in [0.3, 0.4) is 0 Å². The van der Waals surface area contributed by atoms with Gasteiger partial charge in [-0.15, -0.1) is 11.3 Å². The van der Waals surface area contributed by atoms with Crippen molar-refractivity contribution in [2.24, 2.45) is 5.73 Å². The van der Waals surface area contributed by atoms with Crippen molar-refractivity contribution in [3.63, 3.8) is 0 Å². The van der Waals surface area contributed by atoms with E-state index in [2.05, 4.69) is 20.9 Å². The molecular weight excluding hydrogens is 291 g/mol. The lowest BCUT2D eigenvalue weighted by Gasteiger charge is -2.11. The van der Waals surface area contributed by atoms with E-state index in [1.54, 1.807) is 23.0 Å². The van der Waals surface area contributed by atoms with Crippen LogP contribution < -0.4 is 5.73 Å². The highest BCUT2D eigenvalue weighted by Crippen LogP contribution is 2.22. The van der Waals surface area contributed by atoms with Gasteiger partial charge in [-0.2, -0.15) is 0 Å². The van der Waals surface area contributed by atoms with Gasteiger partial charge in [-0.05, 0) is 23.8 Å². The molecular formula is C11H10BrFN2S. The maximum absolute atomic E-state index is 13.2. The Balaban J connectivity index is 2.17. The number of aromatic nitrogens is 1. The van der Waals surface area contributed by atoms with Gasteiger partial charge in [0, 0.05) is 28.0 Å². The molecule has 0 aliphatic rings. The highest BCUT2D eigenvalue weighted by atomic mass is 79.9. The summed E-state index contributed by atoms with van der Waals surface area (Å²) >= 11 is 4.81. The summed E-state index contributed by atoms with van der Waals surface area (Å²) in [6.07, 6.45) is 2.47. The van der Waals surface area contributed by atoms with E-state index in [0.29, 0.717) is 10.9 Å². The molecule has 1 atom stereocenters. The molecule has 2 aromatic rings. The molecule has 5 heteroatoms. The van der Waals surface area contributed by atoms with E-state index in [0.717, 1.165) is 10.4 Å². The van der Waals surface area contributed by atoms with Crippen LogP contribution in [0.1, 0.15) is 16.5 Å². The van der Waals surface area contributed by atoms with Gasteiger partial charge < -0.3 is 5.73 Å². The highest BCUT2D eigenvalue weighted by molar-refractivity contribution is 9.10. The average Bonchev–Trinajstić information content (AvgIpc) is 2.68. The smallest absolute Gasteiger partial charge is 0.124 e. The second-order valence-electron chi connectivity index (χ2n) is 3.48. The van der Waals surface area contributed by atoms with Crippen molar-refractivity contribution < 1.29 is 4.39 Å². The summed E-state index contributed by atoms with van der Waals surface area (Å²) in [5.41, 5.74) is 8.57. The lowest BCUT2D eigenvalue weighted by Crippen LogP contribution is -2.13. The van der Waals surface area contributed by atoms with E-state index in [-0.39, 0.29) is 11.9 Å². The molecule has 1 unspecified atom stereocenters. The summed E-state index contributed by atoms with van der Waals surface area (Å²) in [5.74, 6) is -0.274. The van der Waals surface area contributed by atoms with E-state index in [1.165, 1.54) is 12.1 Å². The van der Waals surface area contributed by atoms with E-state index in [4.69, 9.17) is 5.73 Å². The molecule has 0 aliphatic carbocycles. The number of nitrogens with zero attached hydrogens (tertiary/aromatic N) is 1. The van der Waals surface area contributed by atoms with Crippen LogP contribution in [0.2, 0.25) is 0 Å². The van der Waals surface area contributed by atoms with Gasteiger partial charge in [0.05, 0.1) is 5.51 Å². The summed E-state index contributed by atoms with van der Waals surface area (Å²) < 4.78 is 13.9. The van der Waals surface area contributed by atoms with Crippen LogP contribution in [0.15, 0.2) is 34.4 Å². The van der Waals surface area contributed by atoms with E-state index in [9.17, 15) is 4.39 Å². The Morgan fingerprint density at radius 1 is 1.44 bits per heavy atom. The molecule has 84 valence electrons. The van der Waals surface area contributed by atoms with Crippen molar-refractivity contribution in [2.45, 2.75) is 12.5 Å². The van der Waals surface area contributed by atoms with E-state index >= 15 is 0 Å². The molecule has 0 saturated carbocycles. The number of halogens is 2. The molecule has 0 bridgehead atoms. The minimum absolute atomic E-state index is 0.201. The molecule has 1 aromatic carbocycles. The molecule has 2 N–H and O–H groups in total. The Labute approximate surface area is 105 Å². The van der Waals surface area contributed by atoms with Crippen LogP contribution in [-0.4, -0.2) is 4.98 Å². The maximum Gasteiger partial charge on any atom is 0.124 e. The maximum atomic E-state index is 13.2. The van der Waals surface area contributed by atoms with Gasteiger partial charge in [-0.3, -0.25) is 4.98 Å². The fourth-order valence-corrected chi connectivity index (χ4v) is 2.60. The van der Waals surface area contributed by atoms with Gasteiger partial charge in [0.15, 0.2) is 0 Å². The first-order chi connectivity index (χ1) is 7.65. The van der Waals surface area contributed by atoms with Crippen molar-refractivity contribution in [1.29, 1.82) is 0 Å². The quantitative estimate of drug-likeness (QED) is 0.945. The van der Waals surface area contributed by atoms with Crippen LogP contribution in [0, 0.1) is 5.82 Å². The minimum atomic E-state index is -0.274. The number of hydrogen-bond acceptors (Lipinski definition) is 3. The number of hydrogen-bond donors (Lipinski definition) is 1. The fourth-order valence-electron chi connectivity index (χ4n) is 1.47. The first-order valence-electron chi connectivity index (χ1n) is 4.74. The Bertz CT molecular complexity index is 453. The van der Waals surface area contributed by atoms with Gasteiger partial charge in [-0.1, -0.05) is 15.9 Å². The number of rotatable bonds is 3. The van der Waals surface area contributed by atoms with Crippen molar-refractivity contribution in [2.75, 3.05) is 0 Å². The van der Waals surface area contributed by atoms with Crippen molar-refractivity contribution in [1.82, 2.24) is 4.98 Å². The van der Waals surface area contributed by atoms with Gasteiger partial charge >= 0.3 is 0 Å². The van der Waals surface area contributed by atoms with Gasteiger partial charge in [0.2, 0.25) is 0 Å². The summed E-state index contributed by atoms with van der Waals surface area (Å²) in [6, 6.07) is 4.53. The Kier molecular flexibility index (Phi) is 3.68. The minimum Gasteiger partial charge on any atom is -0.324 e. The summed E-state index contributed by atoms with van der Waals surface area (Å²) in [4.78, 5) is 5.09. The lowest BCUT2D eigenvalue weighted by atomic mass is 10.0. The predicted octanol–water partition coefficient (Wildman–Crippen LogP) is 3.29. The second kappa shape index (κ2) is 5.03. The molecule has 2 rings (SSSR count). The Morgan fingerprint density at radius 2 is 2.25 bits per heavy atom. The number of nitrogens with two attached hydrogens (primary N) is 1. The van der Waals surface area contributed by atoms with Crippen LogP contribution in [0.4, 0.5) is 4.39 Å². The fraction of sp³-hybridized carbons (Fsp3) is 0.182. The lowest BCUT2D eigenvalue weighted by molar-refractivity contribution is 0.618. The van der Waals surface area contributed by atoms with Gasteiger partial charge in [0.1, 0.15) is 5.82 Å². The van der Waals surface area contributed by atoms with Gasteiger partial charge in [-0.25, -0.2) is 4.39 Å². The zero-order valence-electron chi connectivity index (χ0n) is 8.36. The zero-order chi connectivity index (χ0) is 11.5. The Morgan fingerprint density at radius 3 is 2.88 bits per heavy atom. The molecule has 16 heavy (non-hydrogen) atoms. The average molecular weight is 301 g/mol. The second-order valence-corrected chi connectivity index (χ2v) is 5.37. The van der Waals surface area contributed by atoms with Crippen LogP contribution in [-0.2, 0) is 6.42 Å². The number of benzene rings is 1. The normalized spacial score (nSPS) is 12.7. The Hall–Kier alpha value is -0.780. The number of thiazole rings is 1. The zero-order valence-corrected chi connectivity index (χ0v) is 10.8. The standard InChI is InChI=1S/C11H10BrFN2S/c12-8-1-7(2-9(13)3-8)11(14)4-10-5-15-6-16-10/h1-3,5-6,11H,4,14H2. The first-order valence-corrected chi connectivity index (χ1v) is 6.41. The highest BCUT2D eigenvalue weighted by Gasteiger charge is 2.10. The van der Waals surface area contributed by atoms with Crippen molar-refractivity contribution in [3.8, 4) is 0 Å². The SMILES string of the molecule is NC(Cc1cncs1)c1cc(F)cc(Br)c1. The molecule has 0 amide bonds. The van der Waals surface area contributed by atoms with E-state index < -0.39 is 0 Å². The molecule has 0 aliphatic heterocycles. The topological polar surface area (TPSA) is 38.9 Å². The monoisotopic (exact) mass is 300 g/mol. The third kappa shape index (κ3) is 2.87. The summed E-state index contributed by atoms with van der Waals surface area (Å²) in [5, 5.41) is 0. The van der Waals surface area contributed by atoms with Crippen molar-refractivity contribution >= 4 is 27.3 Å². The largest absolute Gasteiger partial charge is 0.324 e. The van der Waals surface area contributed by atoms with Crippen molar-refractivity contribution in [3.05, 3.63) is 50.6 Å². The first kappa shape index (κ1) is 11.7. The molecule has 0 saturated heterocycles. The molecule has 1 aromatic heterocycles. The van der Waals surface area contributed by atoms with Crippen LogP contribution in [0.5, 0.6) is 0 Å². The van der Waals surface area contributed by atoms with Gasteiger partial charge in [0.25, 0.3) is 0 Å². The van der Waals surface area contributed by atoms with Crippen LogP contribution in [0.25, 0.3) is 0 Å².